The standard InChI is InChI=1S/C14H15NO4/c1-7-4-10-6-12(19-11(10)5-8(7)2)13(16)15-9(3)14(17)18/h4-6,9H,1-3H3,(H,15,16)(H,17,18)/t9-/m1/s1. The number of carboxylic acid groups (broad SMARTS) is 1. The van der Waals surface area contributed by atoms with Gasteiger partial charge in [0.2, 0.25) is 0 Å². The number of amides is 1. The van der Waals surface area contributed by atoms with Gasteiger partial charge in [-0.25, -0.2) is 0 Å². The zero-order chi connectivity index (χ0) is 14.2. The maximum atomic E-state index is 11.8. The third kappa shape index (κ3) is 2.59. The van der Waals surface area contributed by atoms with Crippen LogP contribution in [0.1, 0.15) is 28.6 Å². The van der Waals surface area contributed by atoms with Crippen molar-refractivity contribution in [2.75, 3.05) is 0 Å². The van der Waals surface area contributed by atoms with E-state index >= 15 is 0 Å². The van der Waals surface area contributed by atoms with Gasteiger partial charge in [0.05, 0.1) is 0 Å². The first-order valence-electron chi connectivity index (χ1n) is 5.93. The molecule has 0 spiro atoms. The van der Waals surface area contributed by atoms with E-state index in [1.54, 1.807) is 6.07 Å². The van der Waals surface area contributed by atoms with Crippen molar-refractivity contribution >= 4 is 22.8 Å². The molecule has 1 atom stereocenters. The smallest absolute Gasteiger partial charge is 0.325 e. The van der Waals surface area contributed by atoms with Crippen molar-refractivity contribution in [3.63, 3.8) is 0 Å². The minimum Gasteiger partial charge on any atom is -0.480 e. The van der Waals surface area contributed by atoms with Gasteiger partial charge in [-0.05, 0) is 50.1 Å². The Morgan fingerprint density at radius 3 is 2.47 bits per heavy atom. The summed E-state index contributed by atoms with van der Waals surface area (Å²) >= 11 is 0. The highest BCUT2D eigenvalue weighted by Crippen LogP contribution is 2.23. The molecule has 5 heteroatoms. The van der Waals surface area contributed by atoms with Crippen LogP contribution in [0, 0.1) is 13.8 Å². The third-order valence-electron chi connectivity index (χ3n) is 3.07. The van der Waals surface area contributed by atoms with Gasteiger partial charge in [-0.2, -0.15) is 0 Å². The second kappa shape index (κ2) is 4.76. The first-order chi connectivity index (χ1) is 8.88. The molecule has 0 radical (unpaired) electrons. The van der Waals surface area contributed by atoms with E-state index in [1.165, 1.54) is 6.92 Å². The number of carbonyl (C=O) groups is 2. The lowest BCUT2D eigenvalue weighted by atomic mass is 10.1. The van der Waals surface area contributed by atoms with Crippen molar-refractivity contribution < 1.29 is 19.1 Å². The number of rotatable bonds is 3. The van der Waals surface area contributed by atoms with Crippen molar-refractivity contribution in [1.82, 2.24) is 5.32 Å². The molecule has 1 aromatic carbocycles. The average Bonchev–Trinajstić information content (AvgIpc) is 2.72. The van der Waals surface area contributed by atoms with E-state index in [4.69, 9.17) is 9.52 Å². The lowest BCUT2D eigenvalue weighted by molar-refractivity contribution is -0.138. The molecule has 0 aliphatic heterocycles. The number of aryl methyl sites for hydroxylation is 2. The highest BCUT2D eigenvalue weighted by molar-refractivity contribution is 5.98. The lowest BCUT2D eigenvalue weighted by Crippen LogP contribution is -2.38. The second-order valence-electron chi connectivity index (χ2n) is 4.62. The Bertz CT molecular complexity index is 618. The maximum Gasteiger partial charge on any atom is 0.325 e. The largest absolute Gasteiger partial charge is 0.480 e. The summed E-state index contributed by atoms with van der Waals surface area (Å²) in [7, 11) is 0. The number of hydrogen-bond donors (Lipinski definition) is 2. The van der Waals surface area contributed by atoms with Gasteiger partial charge in [-0.1, -0.05) is 0 Å². The Labute approximate surface area is 110 Å². The molecule has 2 aromatic rings. The van der Waals surface area contributed by atoms with Gasteiger partial charge in [0.1, 0.15) is 11.6 Å². The molecule has 0 saturated heterocycles. The predicted octanol–water partition coefficient (Wildman–Crippen LogP) is 2.25. The van der Waals surface area contributed by atoms with Crippen LogP contribution in [0.4, 0.5) is 0 Å². The van der Waals surface area contributed by atoms with Gasteiger partial charge in [-0.3, -0.25) is 9.59 Å². The molecule has 0 bridgehead atoms. The topological polar surface area (TPSA) is 79.5 Å². The summed E-state index contributed by atoms with van der Waals surface area (Å²) in [5.74, 6) is -1.49. The molecular weight excluding hydrogens is 246 g/mol. The lowest BCUT2D eigenvalue weighted by Gasteiger charge is -2.06. The predicted molar refractivity (Wildman–Crippen MR) is 70.3 cm³/mol. The number of benzene rings is 1. The molecule has 0 saturated carbocycles. The zero-order valence-electron chi connectivity index (χ0n) is 11.0. The Hall–Kier alpha value is -2.30. The second-order valence-corrected chi connectivity index (χ2v) is 4.62. The Balaban J connectivity index is 2.31. The molecule has 1 heterocycles. The van der Waals surface area contributed by atoms with Crippen LogP contribution in [0.2, 0.25) is 0 Å². The first-order valence-corrected chi connectivity index (χ1v) is 5.93. The van der Waals surface area contributed by atoms with Gasteiger partial charge >= 0.3 is 5.97 Å². The molecule has 1 amide bonds. The van der Waals surface area contributed by atoms with Gasteiger partial charge in [-0.15, -0.1) is 0 Å². The van der Waals surface area contributed by atoms with Gasteiger partial charge < -0.3 is 14.8 Å². The quantitative estimate of drug-likeness (QED) is 0.888. The molecule has 0 aliphatic rings. The Morgan fingerprint density at radius 1 is 1.21 bits per heavy atom. The van der Waals surface area contributed by atoms with Crippen LogP contribution in [0.3, 0.4) is 0 Å². The van der Waals surface area contributed by atoms with Gasteiger partial charge in [0, 0.05) is 5.39 Å². The monoisotopic (exact) mass is 261 g/mol. The summed E-state index contributed by atoms with van der Waals surface area (Å²) in [6.07, 6.45) is 0. The van der Waals surface area contributed by atoms with Crippen LogP contribution in [-0.2, 0) is 4.79 Å². The summed E-state index contributed by atoms with van der Waals surface area (Å²) in [5.41, 5.74) is 2.81. The molecule has 1 aromatic heterocycles. The summed E-state index contributed by atoms with van der Waals surface area (Å²) in [5, 5.41) is 11.9. The highest BCUT2D eigenvalue weighted by atomic mass is 16.4. The van der Waals surface area contributed by atoms with Crippen LogP contribution in [-0.4, -0.2) is 23.0 Å². The van der Waals surface area contributed by atoms with E-state index in [0.717, 1.165) is 16.5 Å². The Morgan fingerprint density at radius 2 is 1.84 bits per heavy atom. The van der Waals surface area contributed by atoms with E-state index in [1.807, 2.05) is 26.0 Å². The van der Waals surface area contributed by atoms with E-state index in [0.29, 0.717) is 5.58 Å². The fourth-order valence-corrected chi connectivity index (χ4v) is 1.74. The minimum absolute atomic E-state index is 0.119. The number of carbonyl (C=O) groups excluding carboxylic acids is 1. The molecule has 100 valence electrons. The molecular formula is C14H15NO4. The third-order valence-corrected chi connectivity index (χ3v) is 3.07. The molecule has 0 unspecified atom stereocenters. The zero-order valence-corrected chi connectivity index (χ0v) is 11.0. The van der Waals surface area contributed by atoms with Crippen LogP contribution in [0.25, 0.3) is 11.0 Å². The molecule has 0 aliphatic carbocycles. The number of hydrogen-bond acceptors (Lipinski definition) is 3. The number of carboxylic acids is 1. The number of nitrogens with one attached hydrogen (secondary N) is 1. The summed E-state index contributed by atoms with van der Waals surface area (Å²) in [4.78, 5) is 22.5. The Kier molecular flexibility index (Phi) is 3.29. The minimum atomic E-state index is -1.09. The van der Waals surface area contributed by atoms with Crippen molar-refractivity contribution in [3.05, 3.63) is 35.1 Å². The van der Waals surface area contributed by atoms with Crippen molar-refractivity contribution in [2.24, 2.45) is 0 Å². The fraction of sp³-hybridized carbons (Fsp3) is 0.286. The summed E-state index contributed by atoms with van der Waals surface area (Å²) < 4.78 is 5.44. The van der Waals surface area contributed by atoms with Gasteiger partial charge in [0.25, 0.3) is 5.91 Å². The van der Waals surface area contributed by atoms with E-state index in [-0.39, 0.29) is 5.76 Å². The van der Waals surface area contributed by atoms with Crippen molar-refractivity contribution in [1.29, 1.82) is 0 Å². The summed E-state index contributed by atoms with van der Waals surface area (Å²) in [6, 6.07) is 4.46. The maximum absolute atomic E-state index is 11.8. The SMILES string of the molecule is Cc1cc2cc(C(=O)N[C@H](C)C(=O)O)oc2cc1C. The van der Waals surface area contributed by atoms with E-state index in [9.17, 15) is 9.59 Å². The van der Waals surface area contributed by atoms with E-state index in [2.05, 4.69) is 5.32 Å². The number of aliphatic carboxylic acids is 1. The van der Waals surface area contributed by atoms with Crippen LogP contribution >= 0.6 is 0 Å². The normalized spacial score (nSPS) is 12.4. The number of fused-ring (bicyclic) bond motifs is 1. The highest BCUT2D eigenvalue weighted by Gasteiger charge is 2.18. The van der Waals surface area contributed by atoms with Crippen molar-refractivity contribution in [3.8, 4) is 0 Å². The van der Waals surface area contributed by atoms with Gasteiger partial charge in [0.15, 0.2) is 5.76 Å². The van der Waals surface area contributed by atoms with Crippen LogP contribution in [0.15, 0.2) is 22.6 Å². The number of furan rings is 1. The molecule has 19 heavy (non-hydrogen) atoms. The van der Waals surface area contributed by atoms with E-state index < -0.39 is 17.9 Å². The van der Waals surface area contributed by atoms with Crippen molar-refractivity contribution in [2.45, 2.75) is 26.8 Å². The molecule has 2 N–H and O–H groups in total. The summed E-state index contributed by atoms with van der Waals surface area (Å²) in [6.45, 7) is 5.34. The average molecular weight is 261 g/mol. The van der Waals surface area contributed by atoms with Crippen LogP contribution < -0.4 is 5.32 Å². The molecule has 0 fully saturated rings. The fourth-order valence-electron chi connectivity index (χ4n) is 1.74. The molecule has 5 nitrogen and oxygen atoms in total. The first kappa shape index (κ1) is 13.1. The van der Waals surface area contributed by atoms with Crippen LogP contribution in [0.5, 0.6) is 0 Å². The molecule has 2 rings (SSSR count).